The summed E-state index contributed by atoms with van der Waals surface area (Å²) in [6, 6.07) is 5.64. The topological polar surface area (TPSA) is 72.1 Å². The summed E-state index contributed by atoms with van der Waals surface area (Å²) < 4.78 is 11.1. The van der Waals surface area contributed by atoms with Gasteiger partial charge in [-0.25, -0.2) is 0 Å². The van der Waals surface area contributed by atoms with E-state index in [1.807, 2.05) is 32.0 Å². The second-order valence-corrected chi connectivity index (χ2v) is 5.57. The van der Waals surface area contributed by atoms with Gasteiger partial charge in [0.05, 0.1) is 25.4 Å². The fraction of sp³-hybridized carbons (Fsp3) is 0.611. The van der Waals surface area contributed by atoms with Gasteiger partial charge < -0.3 is 25.4 Å². The van der Waals surface area contributed by atoms with Gasteiger partial charge in [0.1, 0.15) is 11.5 Å². The van der Waals surface area contributed by atoms with Crippen LogP contribution in [0, 0.1) is 0 Å². The third-order valence-corrected chi connectivity index (χ3v) is 3.48. The van der Waals surface area contributed by atoms with Crippen molar-refractivity contribution in [3.05, 3.63) is 18.2 Å². The number of aliphatic imine (C=N–C) groups is 1. The highest BCUT2D eigenvalue weighted by Crippen LogP contribution is 2.29. The highest BCUT2D eigenvalue weighted by molar-refractivity contribution is 5.94. The summed E-state index contributed by atoms with van der Waals surface area (Å²) in [5.41, 5.74) is 6.77. The van der Waals surface area contributed by atoms with E-state index in [-0.39, 0.29) is 0 Å². The number of likely N-dealkylation sites (N-methyl/N-ethyl adjacent to an activating group) is 1. The van der Waals surface area contributed by atoms with Crippen molar-refractivity contribution in [1.82, 2.24) is 4.90 Å². The predicted octanol–water partition coefficient (Wildman–Crippen LogP) is 2.94. The maximum Gasteiger partial charge on any atom is 0.193 e. The number of anilines is 1. The van der Waals surface area contributed by atoms with Crippen LogP contribution in [0.5, 0.6) is 11.5 Å². The van der Waals surface area contributed by atoms with Crippen LogP contribution in [0.25, 0.3) is 0 Å². The molecule has 6 nitrogen and oxygen atoms in total. The summed E-state index contributed by atoms with van der Waals surface area (Å²) in [5, 5.41) is 3.12. The van der Waals surface area contributed by atoms with E-state index in [4.69, 9.17) is 15.2 Å². The lowest BCUT2D eigenvalue weighted by Gasteiger charge is -2.15. The summed E-state index contributed by atoms with van der Waals surface area (Å²) in [5.74, 6) is 1.89. The summed E-state index contributed by atoms with van der Waals surface area (Å²) >= 11 is 0. The highest BCUT2D eigenvalue weighted by Gasteiger charge is 2.07. The molecule has 0 saturated heterocycles. The van der Waals surface area contributed by atoms with Crippen LogP contribution >= 0.6 is 0 Å². The summed E-state index contributed by atoms with van der Waals surface area (Å²) in [4.78, 5) is 6.66. The normalized spacial score (nSPS) is 11.6. The van der Waals surface area contributed by atoms with Gasteiger partial charge >= 0.3 is 0 Å². The van der Waals surface area contributed by atoms with Crippen molar-refractivity contribution in [2.45, 2.75) is 33.6 Å². The number of nitrogens with zero attached hydrogens (tertiary/aromatic N) is 2. The number of hydrogen-bond acceptors (Lipinski definition) is 4. The molecule has 1 aromatic rings. The van der Waals surface area contributed by atoms with Crippen molar-refractivity contribution < 1.29 is 9.47 Å². The average Bonchev–Trinajstić information content (AvgIpc) is 2.55. The van der Waals surface area contributed by atoms with Crippen molar-refractivity contribution in [2.75, 3.05) is 45.2 Å². The lowest BCUT2D eigenvalue weighted by atomic mass is 10.2. The molecule has 0 atom stereocenters. The van der Waals surface area contributed by atoms with Crippen LogP contribution in [0.4, 0.5) is 5.69 Å². The molecule has 0 amide bonds. The van der Waals surface area contributed by atoms with Crippen LogP contribution in [0.15, 0.2) is 23.2 Å². The average molecular weight is 336 g/mol. The summed E-state index contributed by atoms with van der Waals surface area (Å²) in [6.07, 6.45) is 2.41. The van der Waals surface area contributed by atoms with Crippen molar-refractivity contribution in [1.29, 1.82) is 0 Å². The first-order valence-corrected chi connectivity index (χ1v) is 8.75. The van der Waals surface area contributed by atoms with Crippen LogP contribution in [0.2, 0.25) is 0 Å². The van der Waals surface area contributed by atoms with Gasteiger partial charge in [-0.05, 0) is 46.0 Å². The van der Waals surface area contributed by atoms with E-state index in [1.165, 1.54) is 12.8 Å². The molecule has 0 aliphatic carbocycles. The number of guanidine groups is 1. The smallest absolute Gasteiger partial charge is 0.193 e. The quantitative estimate of drug-likeness (QED) is 0.480. The second kappa shape index (κ2) is 11.6. The molecular formula is C18H32N4O2. The third kappa shape index (κ3) is 7.55. The molecule has 1 rings (SSSR count). The molecule has 24 heavy (non-hydrogen) atoms. The second-order valence-electron chi connectivity index (χ2n) is 5.57. The molecule has 0 fully saturated rings. The molecule has 1 aromatic carbocycles. The molecule has 3 N–H and O–H groups in total. The third-order valence-electron chi connectivity index (χ3n) is 3.48. The SMILES string of the molecule is CCCCN(C)CCN=C(N)Nc1cc(OCC)ccc1OCC. The van der Waals surface area contributed by atoms with Gasteiger partial charge in [-0.15, -0.1) is 0 Å². The molecule has 0 heterocycles. The van der Waals surface area contributed by atoms with Crippen LogP contribution in [0.1, 0.15) is 33.6 Å². The maximum absolute atomic E-state index is 6.01. The van der Waals surface area contributed by atoms with Gasteiger partial charge in [0.15, 0.2) is 5.96 Å². The number of nitrogens with two attached hydrogens (primary N) is 1. The van der Waals surface area contributed by atoms with Crippen molar-refractivity contribution in [3.63, 3.8) is 0 Å². The van der Waals surface area contributed by atoms with Crippen molar-refractivity contribution in [3.8, 4) is 11.5 Å². The minimum absolute atomic E-state index is 0.383. The molecule has 0 unspecified atom stereocenters. The Kier molecular flexibility index (Phi) is 9.68. The minimum Gasteiger partial charge on any atom is -0.494 e. The Labute approximate surface area is 146 Å². The van der Waals surface area contributed by atoms with E-state index in [0.29, 0.717) is 25.7 Å². The van der Waals surface area contributed by atoms with E-state index < -0.39 is 0 Å². The van der Waals surface area contributed by atoms with Crippen LogP contribution in [-0.2, 0) is 0 Å². The summed E-state index contributed by atoms with van der Waals surface area (Å²) in [6.45, 7) is 9.93. The zero-order valence-corrected chi connectivity index (χ0v) is 15.5. The fourth-order valence-electron chi connectivity index (χ4n) is 2.20. The first-order valence-electron chi connectivity index (χ1n) is 8.75. The van der Waals surface area contributed by atoms with E-state index in [1.54, 1.807) is 0 Å². The highest BCUT2D eigenvalue weighted by atomic mass is 16.5. The Hall–Kier alpha value is -1.95. The fourth-order valence-corrected chi connectivity index (χ4v) is 2.20. The first kappa shape index (κ1) is 20.1. The largest absolute Gasteiger partial charge is 0.494 e. The number of ether oxygens (including phenoxy) is 2. The standard InChI is InChI=1S/C18H32N4O2/c1-5-8-12-22(4)13-11-20-18(19)21-16-14-15(23-6-2)9-10-17(16)24-7-3/h9-10,14H,5-8,11-13H2,1-4H3,(H3,19,20,21). The number of benzene rings is 1. The molecule has 0 aliphatic rings. The Bertz CT molecular complexity index is 506. The Morgan fingerprint density at radius 3 is 2.58 bits per heavy atom. The number of hydrogen-bond donors (Lipinski definition) is 2. The Morgan fingerprint density at radius 2 is 1.92 bits per heavy atom. The molecule has 0 radical (unpaired) electrons. The van der Waals surface area contributed by atoms with Gasteiger partial charge in [0.2, 0.25) is 0 Å². The van der Waals surface area contributed by atoms with E-state index >= 15 is 0 Å². The zero-order valence-electron chi connectivity index (χ0n) is 15.5. The molecule has 0 aliphatic heterocycles. The van der Waals surface area contributed by atoms with Gasteiger partial charge in [0, 0.05) is 12.6 Å². The van der Waals surface area contributed by atoms with Crippen LogP contribution < -0.4 is 20.5 Å². The number of unbranched alkanes of at least 4 members (excludes halogenated alkanes) is 1. The molecular weight excluding hydrogens is 304 g/mol. The zero-order chi connectivity index (χ0) is 17.8. The molecule has 0 aromatic heterocycles. The summed E-state index contributed by atoms with van der Waals surface area (Å²) in [7, 11) is 2.10. The van der Waals surface area contributed by atoms with Crippen LogP contribution in [-0.4, -0.2) is 50.8 Å². The van der Waals surface area contributed by atoms with Gasteiger partial charge in [-0.3, -0.25) is 4.99 Å². The lowest BCUT2D eigenvalue weighted by Crippen LogP contribution is -2.27. The minimum atomic E-state index is 0.383. The van der Waals surface area contributed by atoms with E-state index in [9.17, 15) is 0 Å². The Morgan fingerprint density at radius 1 is 1.17 bits per heavy atom. The Balaban J connectivity index is 2.64. The molecule has 0 spiro atoms. The maximum atomic E-state index is 6.01. The lowest BCUT2D eigenvalue weighted by molar-refractivity contribution is 0.332. The van der Waals surface area contributed by atoms with E-state index in [2.05, 4.69) is 29.2 Å². The number of rotatable bonds is 11. The van der Waals surface area contributed by atoms with Crippen molar-refractivity contribution >= 4 is 11.6 Å². The first-order chi connectivity index (χ1) is 11.6. The molecule has 0 saturated carbocycles. The van der Waals surface area contributed by atoms with Gasteiger partial charge in [-0.1, -0.05) is 13.3 Å². The van der Waals surface area contributed by atoms with E-state index in [0.717, 1.165) is 30.3 Å². The molecule has 6 heteroatoms. The van der Waals surface area contributed by atoms with Gasteiger partial charge in [-0.2, -0.15) is 0 Å². The van der Waals surface area contributed by atoms with Crippen molar-refractivity contribution in [2.24, 2.45) is 10.7 Å². The monoisotopic (exact) mass is 336 g/mol. The van der Waals surface area contributed by atoms with Gasteiger partial charge in [0.25, 0.3) is 0 Å². The molecule has 136 valence electrons. The number of nitrogens with one attached hydrogen (secondary N) is 1. The predicted molar refractivity (Wildman–Crippen MR) is 101 cm³/mol. The van der Waals surface area contributed by atoms with Crippen LogP contribution in [0.3, 0.4) is 0 Å². The molecule has 0 bridgehead atoms.